The van der Waals surface area contributed by atoms with Crippen molar-refractivity contribution in [3.05, 3.63) is 130 Å². The maximum Gasteiger partial charge on any atom is 0.311 e. The first-order chi connectivity index (χ1) is 29.0. The van der Waals surface area contributed by atoms with E-state index in [0.717, 1.165) is 91.7 Å². The molecule has 0 aromatic heterocycles. The van der Waals surface area contributed by atoms with Crippen LogP contribution in [0.4, 0.5) is 28.4 Å². The summed E-state index contributed by atoms with van der Waals surface area (Å²) in [5.41, 5.74) is 17.8. The second-order valence-corrected chi connectivity index (χ2v) is 15.5. The molecule has 0 fully saturated rings. The lowest BCUT2D eigenvalue weighted by Crippen LogP contribution is -2.12. The number of carbonyl (C=O) groups excluding carboxylic acids is 2. The maximum atomic E-state index is 12.7. The van der Waals surface area contributed by atoms with Crippen molar-refractivity contribution in [3.8, 4) is 17.2 Å². The van der Waals surface area contributed by atoms with Crippen molar-refractivity contribution in [1.82, 2.24) is 0 Å². The minimum absolute atomic E-state index is 0.132. The quantitative estimate of drug-likeness (QED) is 0.0113. The molecule has 0 aliphatic heterocycles. The van der Waals surface area contributed by atoms with Gasteiger partial charge in [-0.2, -0.15) is 10.2 Å². The molecule has 0 aliphatic rings. The molecule has 5 aromatic rings. The number of aryl methyl sites for hydroxylation is 4. The fraction of sp³-hybridized carbons (Fsp3) is 0.360. The van der Waals surface area contributed by atoms with E-state index < -0.39 is 0 Å². The summed E-state index contributed by atoms with van der Waals surface area (Å²) < 4.78 is 17.6. The lowest BCUT2D eigenvalue weighted by molar-refractivity contribution is -0.134. The fourth-order valence-electron chi connectivity index (χ4n) is 7.40. The summed E-state index contributed by atoms with van der Waals surface area (Å²) in [4.78, 5) is 25.1. The van der Waals surface area contributed by atoms with Crippen molar-refractivity contribution in [3.63, 3.8) is 0 Å². The maximum absolute atomic E-state index is 12.7. The van der Waals surface area contributed by atoms with Crippen LogP contribution >= 0.6 is 0 Å². The van der Waals surface area contributed by atoms with E-state index >= 15 is 0 Å². The Morgan fingerprint density at radius 1 is 0.600 bits per heavy atom. The number of nitrogens with one attached hydrogen (secondary N) is 2. The highest BCUT2D eigenvalue weighted by molar-refractivity contribution is 5.95. The van der Waals surface area contributed by atoms with Gasteiger partial charge in [-0.3, -0.25) is 9.59 Å². The number of rotatable bonds is 23. The molecular weight excluding hydrogens is 751 g/mol. The van der Waals surface area contributed by atoms with Crippen LogP contribution < -0.4 is 30.6 Å². The zero-order valence-corrected chi connectivity index (χ0v) is 36.2. The zero-order chi connectivity index (χ0) is 42.9. The van der Waals surface area contributed by atoms with Crippen LogP contribution in [0.1, 0.15) is 108 Å². The topological polar surface area (TPSA) is 137 Å². The SMILES string of the molecule is CNc1c(C)cc(Cc2cc(C)c(NCOc3cc(OC(=O)CCCCCCCCCCOc4ccc(N=Nc5ccc(N)cc5)cc4)cc(C(C)=O)c3)c(C)c2)cc1C. The predicted molar refractivity (Wildman–Crippen MR) is 244 cm³/mol. The summed E-state index contributed by atoms with van der Waals surface area (Å²) in [6, 6.07) is 28.7. The van der Waals surface area contributed by atoms with Gasteiger partial charge in [0.15, 0.2) is 12.5 Å². The summed E-state index contributed by atoms with van der Waals surface area (Å²) in [6.45, 7) is 10.8. The smallest absolute Gasteiger partial charge is 0.311 e. The third-order valence-electron chi connectivity index (χ3n) is 10.4. The van der Waals surface area contributed by atoms with Crippen LogP contribution in [-0.2, 0) is 11.2 Å². The van der Waals surface area contributed by atoms with Crippen molar-refractivity contribution < 1.29 is 23.8 Å². The third kappa shape index (κ3) is 14.3. The molecule has 0 heterocycles. The molecule has 0 spiro atoms. The minimum Gasteiger partial charge on any atom is -0.494 e. The number of ether oxygens (including phenoxy) is 3. The van der Waals surface area contributed by atoms with E-state index in [-0.39, 0.29) is 18.5 Å². The van der Waals surface area contributed by atoms with Crippen molar-refractivity contribution in [2.24, 2.45) is 10.2 Å². The highest BCUT2D eigenvalue weighted by Crippen LogP contribution is 2.29. The van der Waals surface area contributed by atoms with Crippen molar-refractivity contribution in [1.29, 1.82) is 0 Å². The summed E-state index contributed by atoms with van der Waals surface area (Å²) in [6.07, 6.45) is 9.51. The molecule has 0 saturated carbocycles. The first-order valence-corrected chi connectivity index (χ1v) is 21.1. The zero-order valence-electron chi connectivity index (χ0n) is 36.2. The van der Waals surface area contributed by atoms with Gasteiger partial charge in [-0.1, -0.05) is 62.8 Å². The first-order valence-electron chi connectivity index (χ1n) is 21.1. The minimum atomic E-state index is -0.313. The number of anilines is 3. The number of nitrogen functional groups attached to an aromatic ring is 1. The van der Waals surface area contributed by atoms with E-state index in [4.69, 9.17) is 19.9 Å². The monoisotopic (exact) mass is 811 g/mol. The van der Waals surface area contributed by atoms with E-state index in [9.17, 15) is 9.59 Å². The van der Waals surface area contributed by atoms with Crippen LogP contribution in [0.5, 0.6) is 17.2 Å². The largest absolute Gasteiger partial charge is 0.494 e. The molecule has 0 bridgehead atoms. The van der Waals surface area contributed by atoms with Crippen molar-refractivity contribution >= 4 is 40.2 Å². The van der Waals surface area contributed by atoms with E-state index in [2.05, 4.69) is 72.8 Å². The van der Waals surface area contributed by atoms with Crippen LogP contribution in [0.2, 0.25) is 0 Å². The average Bonchev–Trinajstić information content (AvgIpc) is 3.21. The summed E-state index contributed by atoms with van der Waals surface area (Å²) in [7, 11) is 1.96. The highest BCUT2D eigenvalue weighted by atomic mass is 16.5. The molecule has 0 radical (unpaired) electrons. The molecule has 0 atom stereocenters. The van der Waals surface area contributed by atoms with E-state index in [1.807, 2.05) is 43.4 Å². The Morgan fingerprint density at radius 3 is 1.68 bits per heavy atom. The predicted octanol–water partition coefficient (Wildman–Crippen LogP) is 12.7. The molecule has 60 heavy (non-hydrogen) atoms. The normalized spacial score (nSPS) is 11.1. The van der Waals surface area contributed by atoms with Crippen LogP contribution in [0.25, 0.3) is 0 Å². The van der Waals surface area contributed by atoms with Crippen LogP contribution in [0, 0.1) is 27.7 Å². The van der Waals surface area contributed by atoms with E-state index in [1.54, 1.807) is 30.3 Å². The number of hydrogen-bond donors (Lipinski definition) is 3. The Bertz CT molecular complexity index is 2170. The summed E-state index contributed by atoms with van der Waals surface area (Å²) >= 11 is 0. The van der Waals surface area contributed by atoms with Gasteiger partial charge in [-0.05, 0) is 148 Å². The van der Waals surface area contributed by atoms with Gasteiger partial charge in [0.2, 0.25) is 0 Å². The van der Waals surface area contributed by atoms with E-state index in [1.165, 1.54) is 34.9 Å². The number of unbranched alkanes of at least 4 members (excludes halogenated alkanes) is 7. The Morgan fingerprint density at radius 2 is 1.12 bits per heavy atom. The van der Waals surface area contributed by atoms with Crippen molar-refractivity contribution in [2.75, 3.05) is 36.8 Å². The van der Waals surface area contributed by atoms with Crippen LogP contribution in [0.3, 0.4) is 0 Å². The van der Waals surface area contributed by atoms with Gasteiger partial charge in [0.05, 0.1) is 18.0 Å². The number of hydrogen-bond acceptors (Lipinski definition) is 10. The van der Waals surface area contributed by atoms with Crippen LogP contribution in [0.15, 0.2) is 101 Å². The Labute approximate surface area is 356 Å². The van der Waals surface area contributed by atoms with Gasteiger partial charge in [-0.15, -0.1) is 0 Å². The molecule has 5 aromatic carbocycles. The number of nitrogens with two attached hydrogens (primary N) is 1. The summed E-state index contributed by atoms with van der Waals surface area (Å²) in [5.74, 6) is 1.14. The van der Waals surface area contributed by atoms with Gasteiger partial charge in [0, 0.05) is 42.2 Å². The number of ketones is 1. The molecule has 0 unspecified atom stereocenters. The van der Waals surface area contributed by atoms with Gasteiger partial charge in [-0.25, -0.2) is 0 Å². The average molecular weight is 812 g/mol. The number of benzene rings is 5. The van der Waals surface area contributed by atoms with Gasteiger partial charge in [0.1, 0.15) is 17.2 Å². The lowest BCUT2D eigenvalue weighted by atomic mass is 9.96. The molecule has 5 rings (SSSR count). The second-order valence-electron chi connectivity index (χ2n) is 15.5. The van der Waals surface area contributed by atoms with E-state index in [0.29, 0.717) is 35.8 Å². The number of nitrogens with zero attached hydrogens (tertiary/aromatic N) is 2. The Hall–Kier alpha value is -6.16. The highest BCUT2D eigenvalue weighted by Gasteiger charge is 2.13. The second kappa shape index (κ2) is 22.8. The first kappa shape index (κ1) is 44.9. The number of azo groups is 1. The fourth-order valence-corrected chi connectivity index (χ4v) is 7.40. The molecule has 316 valence electrons. The van der Waals surface area contributed by atoms with Gasteiger partial charge >= 0.3 is 5.97 Å². The molecule has 0 amide bonds. The number of esters is 1. The molecule has 4 N–H and O–H groups in total. The van der Waals surface area contributed by atoms with Gasteiger partial charge in [0.25, 0.3) is 0 Å². The standard InChI is InChI=1S/C50H61N5O5/c1-34-25-39(26-35(2)49(34)52-6)29-40-27-36(3)50(37(4)28-40)53-33-59-46-30-41(38(5)56)31-47(32-46)60-48(57)15-13-11-9-7-8-10-12-14-24-58-45-22-20-44(21-23-45)55-54-43-18-16-42(51)17-19-43/h16-23,25-28,30-32,52-53H,7-15,24,29,33,51H2,1-6H3. The lowest BCUT2D eigenvalue weighted by Gasteiger charge is -2.17. The third-order valence-corrected chi connectivity index (χ3v) is 10.4. The molecular formula is C50H61N5O5. The molecule has 0 aliphatic carbocycles. The molecule has 10 heteroatoms. The number of carbonyl (C=O) groups is 2. The Kier molecular flexibility index (Phi) is 17.1. The van der Waals surface area contributed by atoms with Crippen LogP contribution in [-0.4, -0.2) is 32.1 Å². The summed E-state index contributed by atoms with van der Waals surface area (Å²) in [5, 5.41) is 15.2. The van der Waals surface area contributed by atoms with Gasteiger partial charge < -0.3 is 30.6 Å². The molecule has 10 nitrogen and oxygen atoms in total. The Balaban J connectivity index is 0.956. The van der Waals surface area contributed by atoms with Crippen molar-refractivity contribution in [2.45, 2.75) is 98.8 Å². The number of Topliss-reactive ketones (excluding diaryl/α,β-unsaturated/α-hetero) is 1. The molecule has 0 saturated heterocycles.